The molecule has 0 unspecified atom stereocenters. The Kier molecular flexibility index (Phi) is 7.67. The standard InChI is InChI=1S/C18H29FN4O2/c1-7-21-16(24)18(2,3)12-22-17(20-4)23(5)11-13-8-9-15(25-6)14(19)10-13/h8-10H,7,11-12H2,1-6H3,(H,20,22)(H,21,24). The first-order valence-corrected chi connectivity index (χ1v) is 8.27. The number of nitrogens with one attached hydrogen (secondary N) is 2. The molecule has 1 aromatic carbocycles. The fourth-order valence-corrected chi connectivity index (χ4v) is 2.32. The second kappa shape index (κ2) is 9.25. The number of amides is 1. The van der Waals surface area contributed by atoms with Crippen molar-refractivity contribution in [2.75, 3.05) is 34.3 Å². The smallest absolute Gasteiger partial charge is 0.227 e. The van der Waals surface area contributed by atoms with E-state index in [2.05, 4.69) is 15.6 Å². The van der Waals surface area contributed by atoms with E-state index >= 15 is 0 Å². The van der Waals surface area contributed by atoms with Gasteiger partial charge in [0.1, 0.15) is 0 Å². The average molecular weight is 352 g/mol. The fraction of sp³-hybridized carbons (Fsp3) is 0.556. The summed E-state index contributed by atoms with van der Waals surface area (Å²) in [6.07, 6.45) is 0. The van der Waals surface area contributed by atoms with E-state index in [1.165, 1.54) is 13.2 Å². The number of carbonyl (C=O) groups excluding carboxylic acids is 1. The normalized spacial score (nSPS) is 11.9. The van der Waals surface area contributed by atoms with Crippen LogP contribution in [0.1, 0.15) is 26.3 Å². The van der Waals surface area contributed by atoms with Gasteiger partial charge < -0.3 is 20.3 Å². The zero-order chi connectivity index (χ0) is 19.0. The van der Waals surface area contributed by atoms with Crippen LogP contribution >= 0.6 is 0 Å². The molecule has 1 rings (SSSR count). The molecule has 0 radical (unpaired) electrons. The number of aliphatic imine (C=N–C) groups is 1. The molecular formula is C18H29FN4O2. The summed E-state index contributed by atoms with van der Waals surface area (Å²) in [5.74, 6) is 0.442. The monoisotopic (exact) mass is 352 g/mol. The van der Waals surface area contributed by atoms with Crippen LogP contribution in [0.2, 0.25) is 0 Å². The topological polar surface area (TPSA) is 66.0 Å². The number of guanidine groups is 1. The Morgan fingerprint density at radius 1 is 1.36 bits per heavy atom. The van der Waals surface area contributed by atoms with Crippen LogP contribution in [0.5, 0.6) is 5.75 Å². The lowest BCUT2D eigenvalue weighted by molar-refractivity contribution is -0.128. The van der Waals surface area contributed by atoms with Gasteiger partial charge in [0, 0.05) is 33.7 Å². The molecule has 1 aromatic rings. The van der Waals surface area contributed by atoms with E-state index < -0.39 is 11.2 Å². The highest BCUT2D eigenvalue weighted by molar-refractivity contribution is 5.84. The lowest BCUT2D eigenvalue weighted by atomic mass is 9.92. The molecule has 25 heavy (non-hydrogen) atoms. The van der Waals surface area contributed by atoms with Gasteiger partial charge in [-0.3, -0.25) is 9.79 Å². The Morgan fingerprint density at radius 2 is 2.04 bits per heavy atom. The van der Waals surface area contributed by atoms with Crippen LogP contribution in [0.25, 0.3) is 0 Å². The third kappa shape index (κ3) is 5.92. The van der Waals surface area contributed by atoms with Crippen LogP contribution < -0.4 is 15.4 Å². The summed E-state index contributed by atoms with van der Waals surface area (Å²) in [6.45, 7) is 7.14. The lowest BCUT2D eigenvalue weighted by Gasteiger charge is -2.28. The summed E-state index contributed by atoms with van der Waals surface area (Å²) in [5.41, 5.74) is 0.227. The molecule has 6 nitrogen and oxygen atoms in total. The summed E-state index contributed by atoms with van der Waals surface area (Å²) in [4.78, 5) is 18.2. The first-order chi connectivity index (χ1) is 11.7. The third-order valence-corrected chi connectivity index (χ3v) is 3.85. The van der Waals surface area contributed by atoms with Gasteiger partial charge in [-0.15, -0.1) is 0 Å². The number of ether oxygens (including phenoxy) is 1. The number of benzene rings is 1. The van der Waals surface area contributed by atoms with Crippen LogP contribution in [-0.2, 0) is 11.3 Å². The van der Waals surface area contributed by atoms with Gasteiger partial charge in [0.05, 0.1) is 12.5 Å². The molecule has 0 aromatic heterocycles. The quantitative estimate of drug-likeness (QED) is 0.582. The molecule has 0 bridgehead atoms. The summed E-state index contributed by atoms with van der Waals surface area (Å²) in [6, 6.07) is 4.86. The molecule has 140 valence electrons. The number of halogens is 1. The zero-order valence-corrected chi connectivity index (χ0v) is 15.9. The molecule has 0 atom stereocenters. The number of hydrogen-bond donors (Lipinski definition) is 2. The molecule has 0 aliphatic rings. The van der Waals surface area contributed by atoms with Crippen molar-refractivity contribution in [1.29, 1.82) is 0 Å². The minimum absolute atomic E-state index is 0.0159. The van der Waals surface area contributed by atoms with E-state index in [0.29, 0.717) is 25.6 Å². The van der Waals surface area contributed by atoms with E-state index in [0.717, 1.165) is 5.56 Å². The molecule has 0 aliphatic carbocycles. The van der Waals surface area contributed by atoms with E-state index in [1.54, 1.807) is 13.1 Å². The molecule has 0 fully saturated rings. The van der Waals surface area contributed by atoms with Crippen LogP contribution in [0, 0.1) is 11.2 Å². The average Bonchev–Trinajstić information content (AvgIpc) is 2.55. The zero-order valence-electron chi connectivity index (χ0n) is 15.9. The third-order valence-electron chi connectivity index (χ3n) is 3.85. The largest absolute Gasteiger partial charge is 0.494 e. The molecule has 1 amide bonds. The summed E-state index contributed by atoms with van der Waals surface area (Å²) < 4.78 is 18.7. The molecule has 0 saturated carbocycles. The Labute approximate surface area is 149 Å². The van der Waals surface area contributed by atoms with Gasteiger partial charge in [0.15, 0.2) is 17.5 Å². The number of methoxy groups -OCH3 is 1. The maximum atomic E-state index is 13.8. The van der Waals surface area contributed by atoms with Crippen molar-refractivity contribution in [3.05, 3.63) is 29.6 Å². The van der Waals surface area contributed by atoms with Gasteiger partial charge >= 0.3 is 0 Å². The molecule has 2 N–H and O–H groups in total. The van der Waals surface area contributed by atoms with Crippen molar-refractivity contribution < 1.29 is 13.9 Å². The van der Waals surface area contributed by atoms with Crippen molar-refractivity contribution in [2.24, 2.45) is 10.4 Å². The Bertz CT molecular complexity index is 617. The Balaban J connectivity index is 2.70. The van der Waals surface area contributed by atoms with Gasteiger partial charge in [0.25, 0.3) is 0 Å². The van der Waals surface area contributed by atoms with E-state index in [-0.39, 0.29) is 11.7 Å². The summed E-state index contributed by atoms with van der Waals surface area (Å²) in [5, 5.41) is 6.03. The van der Waals surface area contributed by atoms with E-state index in [1.807, 2.05) is 38.8 Å². The number of nitrogens with zero attached hydrogens (tertiary/aromatic N) is 2. The molecule has 0 spiro atoms. The molecule has 7 heteroatoms. The van der Waals surface area contributed by atoms with E-state index in [4.69, 9.17) is 4.74 Å². The molecule has 0 aliphatic heterocycles. The SMILES string of the molecule is CCNC(=O)C(C)(C)CNC(=NC)N(C)Cc1ccc(OC)c(F)c1. The molecule has 0 heterocycles. The van der Waals surface area contributed by atoms with Crippen molar-refractivity contribution in [2.45, 2.75) is 27.3 Å². The van der Waals surface area contributed by atoms with Gasteiger partial charge in [0.2, 0.25) is 5.91 Å². The Morgan fingerprint density at radius 3 is 2.56 bits per heavy atom. The van der Waals surface area contributed by atoms with Gasteiger partial charge in [-0.2, -0.15) is 0 Å². The molecule has 0 saturated heterocycles. The molecular weight excluding hydrogens is 323 g/mol. The predicted molar refractivity (Wildman–Crippen MR) is 98.2 cm³/mol. The highest BCUT2D eigenvalue weighted by atomic mass is 19.1. The first-order valence-electron chi connectivity index (χ1n) is 8.27. The van der Waals surface area contributed by atoms with E-state index in [9.17, 15) is 9.18 Å². The fourth-order valence-electron chi connectivity index (χ4n) is 2.32. The van der Waals surface area contributed by atoms with Crippen molar-refractivity contribution in [3.63, 3.8) is 0 Å². The van der Waals surface area contributed by atoms with Crippen molar-refractivity contribution >= 4 is 11.9 Å². The maximum absolute atomic E-state index is 13.8. The lowest BCUT2D eigenvalue weighted by Crippen LogP contribution is -2.48. The van der Waals surface area contributed by atoms with Gasteiger partial charge in [-0.1, -0.05) is 6.07 Å². The number of carbonyl (C=O) groups is 1. The van der Waals surface area contributed by atoms with Crippen molar-refractivity contribution in [1.82, 2.24) is 15.5 Å². The number of rotatable bonds is 7. The highest BCUT2D eigenvalue weighted by Gasteiger charge is 2.27. The van der Waals surface area contributed by atoms with Crippen LogP contribution in [0.15, 0.2) is 23.2 Å². The maximum Gasteiger partial charge on any atom is 0.227 e. The summed E-state index contributed by atoms with van der Waals surface area (Å²) >= 11 is 0. The minimum Gasteiger partial charge on any atom is -0.494 e. The van der Waals surface area contributed by atoms with Crippen LogP contribution in [0.3, 0.4) is 0 Å². The summed E-state index contributed by atoms with van der Waals surface area (Å²) in [7, 11) is 4.97. The number of hydrogen-bond acceptors (Lipinski definition) is 3. The van der Waals surface area contributed by atoms with Crippen LogP contribution in [0.4, 0.5) is 4.39 Å². The van der Waals surface area contributed by atoms with Gasteiger partial charge in [-0.05, 0) is 38.5 Å². The van der Waals surface area contributed by atoms with Gasteiger partial charge in [-0.25, -0.2) is 4.39 Å². The minimum atomic E-state index is -0.570. The Hall–Kier alpha value is -2.31. The van der Waals surface area contributed by atoms with Crippen LogP contribution in [-0.4, -0.2) is 51.1 Å². The highest BCUT2D eigenvalue weighted by Crippen LogP contribution is 2.18. The van der Waals surface area contributed by atoms with Crippen molar-refractivity contribution in [3.8, 4) is 5.75 Å². The first kappa shape index (κ1) is 20.7. The predicted octanol–water partition coefficient (Wildman–Crippen LogP) is 2.00. The second-order valence-electron chi connectivity index (χ2n) is 6.47. The second-order valence-corrected chi connectivity index (χ2v) is 6.47.